The van der Waals surface area contributed by atoms with E-state index < -0.39 is 15.8 Å². The van der Waals surface area contributed by atoms with E-state index in [1.807, 2.05) is 0 Å². The van der Waals surface area contributed by atoms with Crippen LogP contribution in [0.3, 0.4) is 0 Å². The molecule has 20 heavy (non-hydrogen) atoms. The highest BCUT2D eigenvalue weighted by molar-refractivity contribution is 7.89. The van der Waals surface area contributed by atoms with Gasteiger partial charge >= 0.3 is 0 Å². The van der Waals surface area contributed by atoms with E-state index in [1.165, 1.54) is 16.4 Å². The van der Waals surface area contributed by atoms with E-state index in [9.17, 15) is 12.8 Å². The highest BCUT2D eigenvalue weighted by atomic mass is 32.2. The lowest BCUT2D eigenvalue weighted by atomic mass is 10.3. The molecule has 0 amide bonds. The molecule has 0 bridgehead atoms. The summed E-state index contributed by atoms with van der Waals surface area (Å²) in [4.78, 5) is 2.18. The van der Waals surface area contributed by atoms with Gasteiger partial charge in [-0.25, -0.2) is 12.8 Å². The van der Waals surface area contributed by atoms with Crippen LogP contribution in [0.2, 0.25) is 0 Å². The Bertz CT molecular complexity index is 581. The molecule has 1 saturated heterocycles. The lowest BCUT2D eigenvalue weighted by Crippen LogP contribution is -2.50. The van der Waals surface area contributed by atoms with Crippen molar-refractivity contribution < 1.29 is 12.8 Å². The summed E-state index contributed by atoms with van der Waals surface area (Å²) >= 11 is 0. The fourth-order valence-corrected chi connectivity index (χ4v) is 3.71. The molecule has 2 rings (SSSR count). The van der Waals surface area contributed by atoms with Gasteiger partial charge in [-0.05, 0) is 32.0 Å². The molecule has 7 heteroatoms. The van der Waals surface area contributed by atoms with Crippen LogP contribution in [0, 0.1) is 5.82 Å². The zero-order chi connectivity index (χ0) is 14.9. The van der Waals surface area contributed by atoms with Crippen LogP contribution in [0.1, 0.15) is 13.8 Å². The second-order valence-electron chi connectivity index (χ2n) is 5.22. The summed E-state index contributed by atoms with van der Waals surface area (Å²) < 4.78 is 39.7. The van der Waals surface area contributed by atoms with Crippen LogP contribution in [0.15, 0.2) is 23.1 Å². The fourth-order valence-electron chi connectivity index (χ4n) is 2.28. The third-order valence-electron chi connectivity index (χ3n) is 3.61. The SMILES string of the molecule is CC(C)N1CCN(S(=O)(=O)c2ccc(N)c(F)c2)CC1. The largest absolute Gasteiger partial charge is 0.396 e. The summed E-state index contributed by atoms with van der Waals surface area (Å²) in [6.45, 7) is 6.39. The van der Waals surface area contributed by atoms with Gasteiger partial charge in [0.25, 0.3) is 0 Å². The standard InChI is InChI=1S/C13H20FN3O2S/c1-10(2)16-5-7-17(8-6-16)20(18,19)11-3-4-13(15)12(14)9-11/h3-4,9-10H,5-8,15H2,1-2H3. The van der Waals surface area contributed by atoms with E-state index in [2.05, 4.69) is 18.7 Å². The van der Waals surface area contributed by atoms with Gasteiger partial charge in [-0.2, -0.15) is 4.31 Å². The molecule has 0 aliphatic carbocycles. The van der Waals surface area contributed by atoms with Crippen molar-refractivity contribution in [1.82, 2.24) is 9.21 Å². The Hall–Kier alpha value is -1.18. The highest BCUT2D eigenvalue weighted by Crippen LogP contribution is 2.21. The first-order valence-corrected chi connectivity index (χ1v) is 8.05. The summed E-state index contributed by atoms with van der Waals surface area (Å²) in [6.07, 6.45) is 0. The topological polar surface area (TPSA) is 66.6 Å². The van der Waals surface area contributed by atoms with E-state index in [4.69, 9.17) is 5.73 Å². The Morgan fingerprint density at radius 1 is 1.20 bits per heavy atom. The van der Waals surface area contributed by atoms with Crippen molar-refractivity contribution in [3.05, 3.63) is 24.0 Å². The molecule has 0 saturated carbocycles. The van der Waals surface area contributed by atoms with E-state index >= 15 is 0 Å². The minimum Gasteiger partial charge on any atom is -0.396 e. The van der Waals surface area contributed by atoms with Gasteiger partial charge in [-0.3, -0.25) is 4.90 Å². The molecule has 1 aromatic carbocycles. The van der Waals surface area contributed by atoms with E-state index in [0.29, 0.717) is 32.2 Å². The Morgan fingerprint density at radius 3 is 2.30 bits per heavy atom. The van der Waals surface area contributed by atoms with Crippen molar-refractivity contribution >= 4 is 15.7 Å². The second-order valence-corrected chi connectivity index (χ2v) is 7.16. The molecular weight excluding hydrogens is 281 g/mol. The fraction of sp³-hybridized carbons (Fsp3) is 0.538. The van der Waals surface area contributed by atoms with Gasteiger partial charge in [0.1, 0.15) is 5.82 Å². The normalized spacial score (nSPS) is 18.6. The minimum absolute atomic E-state index is 0.0396. The molecule has 1 fully saturated rings. The van der Waals surface area contributed by atoms with E-state index in [0.717, 1.165) is 6.07 Å². The monoisotopic (exact) mass is 301 g/mol. The Morgan fingerprint density at radius 2 is 1.80 bits per heavy atom. The summed E-state index contributed by atoms with van der Waals surface area (Å²) in [5, 5.41) is 0. The van der Waals surface area contributed by atoms with Crippen LogP contribution in [0.5, 0.6) is 0 Å². The summed E-state index contributed by atoms with van der Waals surface area (Å²) in [5.41, 5.74) is 5.32. The molecule has 0 spiro atoms. The number of hydrogen-bond acceptors (Lipinski definition) is 4. The Kier molecular flexibility index (Phi) is 4.31. The van der Waals surface area contributed by atoms with Crippen molar-refractivity contribution in [2.45, 2.75) is 24.8 Å². The number of rotatable bonds is 3. The van der Waals surface area contributed by atoms with Gasteiger partial charge in [-0.15, -0.1) is 0 Å². The minimum atomic E-state index is -3.64. The predicted octanol–water partition coefficient (Wildman–Crippen LogP) is 1.12. The van der Waals surface area contributed by atoms with Gasteiger partial charge < -0.3 is 5.73 Å². The maximum Gasteiger partial charge on any atom is 0.243 e. The third kappa shape index (κ3) is 2.94. The Balaban J connectivity index is 2.17. The lowest BCUT2D eigenvalue weighted by Gasteiger charge is -2.36. The Labute approximate surface area is 119 Å². The average molecular weight is 301 g/mol. The number of nitrogens with zero attached hydrogens (tertiary/aromatic N) is 2. The molecule has 1 aromatic rings. The first-order chi connectivity index (χ1) is 9.32. The van der Waals surface area contributed by atoms with Gasteiger partial charge in [-0.1, -0.05) is 0 Å². The van der Waals surface area contributed by atoms with Gasteiger partial charge in [0.05, 0.1) is 10.6 Å². The van der Waals surface area contributed by atoms with Crippen molar-refractivity contribution in [1.29, 1.82) is 0 Å². The molecule has 1 aliphatic rings. The summed E-state index contributed by atoms with van der Waals surface area (Å²) in [5.74, 6) is -0.702. The number of benzene rings is 1. The number of sulfonamides is 1. The van der Waals surface area contributed by atoms with Crippen LogP contribution in [0.4, 0.5) is 10.1 Å². The molecule has 1 aliphatic heterocycles. The summed E-state index contributed by atoms with van der Waals surface area (Å²) in [7, 11) is -3.64. The van der Waals surface area contributed by atoms with Crippen molar-refractivity contribution in [2.24, 2.45) is 0 Å². The lowest BCUT2D eigenvalue weighted by molar-refractivity contribution is 0.154. The van der Waals surface area contributed by atoms with E-state index in [-0.39, 0.29) is 10.6 Å². The molecule has 112 valence electrons. The van der Waals surface area contributed by atoms with E-state index in [1.54, 1.807) is 0 Å². The number of hydrogen-bond donors (Lipinski definition) is 1. The first-order valence-electron chi connectivity index (χ1n) is 6.61. The second kappa shape index (κ2) is 5.67. The van der Waals surface area contributed by atoms with Crippen molar-refractivity contribution in [2.75, 3.05) is 31.9 Å². The average Bonchev–Trinajstić information content (AvgIpc) is 2.41. The molecular formula is C13H20FN3O2S. The smallest absolute Gasteiger partial charge is 0.243 e. The number of nitrogens with two attached hydrogens (primary N) is 1. The third-order valence-corrected chi connectivity index (χ3v) is 5.51. The number of anilines is 1. The van der Waals surface area contributed by atoms with Crippen LogP contribution in [-0.4, -0.2) is 49.8 Å². The van der Waals surface area contributed by atoms with Crippen molar-refractivity contribution in [3.63, 3.8) is 0 Å². The van der Waals surface area contributed by atoms with Crippen LogP contribution < -0.4 is 5.73 Å². The molecule has 0 unspecified atom stereocenters. The summed E-state index contributed by atoms with van der Waals surface area (Å²) in [6, 6.07) is 4.02. The highest BCUT2D eigenvalue weighted by Gasteiger charge is 2.29. The first kappa shape index (κ1) is 15.2. The van der Waals surface area contributed by atoms with Gasteiger partial charge in [0.15, 0.2) is 0 Å². The predicted molar refractivity (Wildman–Crippen MR) is 76.3 cm³/mol. The maximum atomic E-state index is 13.4. The van der Waals surface area contributed by atoms with Gasteiger partial charge in [0, 0.05) is 32.2 Å². The van der Waals surface area contributed by atoms with Crippen LogP contribution in [-0.2, 0) is 10.0 Å². The van der Waals surface area contributed by atoms with Gasteiger partial charge in [0.2, 0.25) is 10.0 Å². The number of nitrogen functional groups attached to an aromatic ring is 1. The molecule has 0 atom stereocenters. The zero-order valence-electron chi connectivity index (χ0n) is 11.7. The quantitative estimate of drug-likeness (QED) is 0.850. The molecule has 0 aromatic heterocycles. The van der Waals surface area contributed by atoms with Crippen LogP contribution >= 0.6 is 0 Å². The number of piperazine rings is 1. The number of halogens is 1. The zero-order valence-corrected chi connectivity index (χ0v) is 12.5. The molecule has 0 radical (unpaired) electrons. The molecule has 1 heterocycles. The maximum absolute atomic E-state index is 13.4. The molecule has 2 N–H and O–H groups in total. The van der Waals surface area contributed by atoms with Crippen molar-refractivity contribution in [3.8, 4) is 0 Å². The molecule has 5 nitrogen and oxygen atoms in total. The van der Waals surface area contributed by atoms with Crippen LogP contribution in [0.25, 0.3) is 0 Å².